The average Bonchev–Trinajstić information content (AvgIpc) is 2.66. The number of nitrogens with zero attached hydrogens (tertiary/aromatic N) is 1. The monoisotopic (exact) mass is 404 g/mol. The molecular weight excluding hydrogens is 380 g/mol. The van der Waals surface area contributed by atoms with E-state index >= 15 is 0 Å². The second-order valence-electron chi connectivity index (χ2n) is 6.75. The van der Waals surface area contributed by atoms with Crippen molar-refractivity contribution < 1.29 is 22.7 Å². The number of amides is 1. The third kappa shape index (κ3) is 4.45. The van der Waals surface area contributed by atoms with E-state index in [1.54, 1.807) is 32.4 Å². The number of ether oxygens (including phenoxy) is 2. The van der Waals surface area contributed by atoms with Gasteiger partial charge in [-0.2, -0.15) is 0 Å². The van der Waals surface area contributed by atoms with Crippen LogP contribution in [0.15, 0.2) is 41.3 Å². The predicted octanol–water partition coefficient (Wildman–Crippen LogP) is 2.10. The smallest absolute Gasteiger partial charge is 0.238 e. The third-order valence-electron chi connectivity index (χ3n) is 4.72. The molecule has 0 spiro atoms. The van der Waals surface area contributed by atoms with Crippen LogP contribution < -0.4 is 14.8 Å². The van der Waals surface area contributed by atoms with Crippen molar-refractivity contribution in [3.63, 3.8) is 0 Å². The van der Waals surface area contributed by atoms with E-state index in [-0.39, 0.29) is 17.3 Å². The minimum absolute atomic E-state index is 0.115. The molecule has 0 unspecified atom stereocenters. The van der Waals surface area contributed by atoms with Crippen molar-refractivity contribution >= 4 is 21.4 Å². The molecule has 0 aliphatic carbocycles. The number of carbonyl (C=O) groups excluding carboxylic acids is 1. The Hall–Kier alpha value is -2.58. The first-order valence-corrected chi connectivity index (χ1v) is 10.8. The minimum atomic E-state index is -3.42. The van der Waals surface area contributed by atoms with Gasteiger partial charge in [-0.05, 0) is 41.8 Å². The van der Waals surface area contributed by atoms with Gasteiger partial charge < -0.3 is 14.8 Å². The van der Waals surface area contributed by atoms with Crippen LogP contribution in [0.1, 0.15) is 11.1 Å². The molecule has 150 valence electrons. The molecule has 1 N–H and O–H groups in total. The van der Waals surface area contributed by atoms with Gasteiger partial charge in [0.2, 0.25) is 5.91 Å². The highest BCUT2D eigenvalue weighted by atomic mass is 32.2. The van der Waals surface area contributed by atoms with Crippen molar-refractivity contribution in [2.75, 3.05) is 38.9 Å². The number of benzene rings is 2. The zero-order valence-corrected chi connectivity index (χ0v) is 17.0. The maximum Gasteiger partial charge on any atom is 0.238 e. The van der Waals surface area contributed by atoms with Crippen molar-refractivity contribution in [3.05, 3.63) is 47.5 Å². The minimum Gasteiger partial charge on any atom is -0.493 e. The number of para-hydroxylation sites is 1. The molecule has 0 fully saturated rings. The highest BCUT2D eigenvalue weighted by Crippen LogP contribution is 2.33. The van der Waals surface area contributed by atoms with Gasteiger partial charge in [0.05, 0.1) is 31.3 Å². The number of sulfone groups is 1. The number of methoxy groups -OCH3 is 2. The first kappa shape index (κ1) is 20.2. The van der Waals surface area contributed by atoms with Crippen LogP contribution >= 0.6 is 0 Å². The number of nitrogens with one attached hydrogen (secondary N) is 1. The summed E-state index contributed by atoms with van der Waals surface area (Å²) < 4.78 is 34.5. The largest absolute Gasteiger partial charge is 0.493 e. The van der Waals surface area contributed by atoms with E-state index in [0.29, 0.717) is 23.7 Å². The van der Waals surface area contributed by atoms with Crippen molar-refractivity contribution in [3.8, 4) is 11.5 Å². The van der Waals surface area contributed by atoms with Gasteiger partial charge in [-0.15, -0.1) is 0 Å². The lowest BCUT2D eigenvalue weighted by Crippen LogP contribution is -2.37. The topological polar surface area (TPSA) is 84.9 Å². The number of fused-ring (bicyclic) bond motifs is 1. The highest BCUT2D eigenvalue weighted by Gasteiger charge is 2.22. The molecule has 7 nitrogen and oxygen atoms in total. The summed E-state index contributed by atoms with van der Waals surface area (Å²) in [5, 5.41) is 2.72. The van der Waals surface area contributed by atoms with Gasteiger partial charge in [0, 0.05) is 19.3 Å². The summed E-state index contributed by atoms with van der Waals surface area (Å²) in [6.07, 6.45) is 1.92. The van der Waals surface area contributed by atoms with Gasteiger partial charge in [0.15, 0.2) is 21.3 Å². The fourth-order valence-electron chi connectivity index (χ4n) is 3.36. The van der Waals surface area contributed by atoms with Gasteiger partial charge >= 0.3 is 0 Å². The summed E-state index contributed by atoms with van der Waals surface area (Å²) >= 11 is 0. The number of carbonyl (C=O) groups is 1. The molecule has 0 atom stereocenters. The SMILES string of the molecule is COc1cc2c(cc1OC)CN(CC(=O)Nc1ccccc1S(C)(=O)=O)CC2. The summed E-state index contributed by atoms with van der Waals surface area (Å²) in [7, 11) is -0.217. The molecule has 0 saturated carbocycles. The highest BCUT2D eigenvalue weighted by molar-refractivity contribution is 7.90. The quantitative estimate of drug-likeness (QED) is 0.794. The van der Waals surface area contributed by atoms with E-state index in [9.17, 15) is 13.2 Å². The van der Waals surface area contributed by atoms with Crippen LogP contribution in [0, 0.1) is 0 Å². The molecule has 28 heavy (non-hydrogen) atoms. The van der Waals surface area contributed by atoms with Crippen molar-refractivity contribution in [1.82, 2.24) is 4.90 Å². The molecule has 1 heterocycles. The second kappa shape index (κ2) is 8.20. The van der Waals surface area contributed by atoms with E-state index in [0.717, 1.165) is 24.8 Å². The van der Waals surface area contributed by atoms with Crippen molar-refractivity contribution in [2.24, 2.45) is 0 Å². The van der Waals surface area contributed by atoms with E-state index in [1.165, 1.54) is 11.6 Å². The maximum atomic E-state index is 12.5. The van der Waals surface area contributed by atoms with Crippen LogP contribution in [0.3, 0.4) is 0 Å². The van der Waals surface area contributed by atoms with Gasteiger partial charge in [0.25, 0.3) is 0 Å². The predicted molar refractivity (Wildman–Crippen MR) is 107 cm³/mol. The van der Waals surface area contributed by atoms with Crippen LogP contribution in [0.5, 0.6) is 11.5 Å². The normalized spacial score (nSPS) is 14.2. The first-order valence-electron chi connectivity index (χ1n) is 8.87. The van der Waals surface area contributed by atoms with Gasteiger partial charge in [0.1, 0.15) is 0 Å². The Morgan fingerprint density at radius 3 is 2.39 bits per heavy atom. The van der Waals surface area contributed by atoms with E-state index in [2.05, 4.69) is 5.32 Å². The molecule has 1 aliphatic rings. The zero-order chi connectivity index (χ0) is 20.3. The Kier molecular flexibility index (Phi) is 5.90. The van der Waals surface area contributed by atoms with Gasteiger partial charge in [-0.3, -0.25) is 9.69 Å². The second-order valence-corrected chi connectivity index (χ2v) is 8.74. The Morgan fingerprint density at radius 1 is 1.11 bits per heavy atom. The molecule has 2 aromatic rings. The summed E-state index contributed by atoms with van der Waals surface area (Å²) in [4.78, 5) is 14.6. The Labute approximate surface area is 165 Å². The average molecular weight is 404 g/mol. The number of hydrogen-bond donors (Lipinski definition) is 1. The summed E-state index contributed by atoms with van der Waals surface area (Å²) in [5.74, 6) is 1.11. The molecule has 1 aliphatic heterocycles. The first-order chi connectivity index (χ1) is 13.3. The maximum absolute atomic E-state index is 12.5. The number of anilines is 1. The van der Waals surface area contributed by atoms with Crippen LogP contribution in [-0.2, 0) is 27.6 Å². The van der Waals surface area contributed by atoms with Gasteiger partial charge in [-0.1, -0.05) is 12.1 Å². The molecule has 1 amide bonds. The summed E-state index contributed by atoms with van der Waals surface area (Å²) in [6, 6.07) is 10.3. The molecule has 2 aromatic carbocycles. The molecule has 0 bridgehead atoms. The number of rotatable bonds is 6. The Bertz CT molecular complexity index is 988. The van der Waals surface area contributed by atoms with Crippen LogP contribution in [0.4, 0.5) is 5.69 Å². The molecular formula is C20H24N2O5S. The van der Waals surface area contributed by atoms with Crippen molar-refractivity contribution in [2.45, 2.75) is 17.9 Å². The van der Waals surface area contributed by atoms with E-state index in [1.807, 2.05) is 17.0 Å². The lowest BCUT2D eigenvalue weighted by molar-refractivity contribution is -0.117. The van der Waals surface area contributed by atoms with Crippen LogP contribution in [-0.4, -0.2) is 52.8 Å². The van der Waals surface area contributed by atoms with E-state index < -0.39 is 9.84 Å². The molecule has 0 aromatic heterocycles. The summed E-state index contributed by atoms with van der Waals surface area (Å²) in [6.45, 7) is 1.51. The Balaban J connectivity index is 1.70. The van der Waals surface area contributed by atoms with Crippen molar-refractivity contribution in [1.29, 1.82) is 0 Å². The lowest BCUT2D eigenvalue weighted by atomic mass is 9.99. The van der Waals surface area contributed by atoms with E-state index in [4.69, 9.17) is 9.47 Å². The fourth-order valence-corrected chi connectivity index (χ4v) is 4.21. The van der Waals surface area contributed by atoms with Crippen LogP contribution in [0.25, 0.3) is 0 Å². The number of hydrogen-bond acceptors (Lipinski definition) is 6. The van der Waals surface area contributed by atoms with Crippen LogP contribution in [0.2, 0.25) is 0 Å². The molecule has 8 heteroatoms. The standard InChI is InChI=1S/C20H24N2O5S/c1-26-17-10-14-8-9-22(12-15(14)11-18(17)27-2)13-20(23)21-16-6-4-5-7-19(16)28(3,24)25/h4-7,10-11H,8-9,12-13H2,1-3H3,(H,21,23). The fraction of sp³-hybridized carbons (Fsp3) is 0.350. The zero-order valence-electron chi connectivity index (χ0n) is 16.2. The Morgan fingerprint density at radius 2 is 1.75 bits per heavy atom. The third-order valence-corrected chi connectivity index (χ3v) is 5.88. The molecule has 0 saturated heterocycles. The molecule has 3 rings (SSSR count). The lowest BCUT2D eigenvalue weighted by Gasteiger charge is -2.29. The summed E-state index contributed by atoms with van der Waals surface area (Å²) in [5.41, 5.74) is 2.57. The molecule has 0 radical (unpaired) electrons. The van der Waals surface area contributed by atoms with Gasteiger partial charge in [-0.25, -0.2) is 8.42 Å².